The zero-order valence-corrected chi connectivity index (χ0v) is 39.7. The first-order valence-corrected chi connectivity index (χ1v) is 21.9. The fourth-order valence-electron chi connectivity index (χ4n) is 5.96. The maximum atomic E-state index is 14.2. The van der Waals surface area contributed by atoms with E-state index in [2.05, 4.69) is 21.3 Å². The van der Waals surface area contributed by atoms with Gasteiger partial charge in [0.05, 0.1) is 5.92 Å². The van der Waals surface area contributed by atoms with Crippen molar-refractivity contribution in [3.63, 3.8) is 0 Å². The number of ether oxygens (including phenoxy) is 4. The smallest absolute Gasteiger partial charge is 0.407 e. The van der Waals surface area contributed by atoms with Crippen LogP contribution in [-0.2, 0) is 41.6 Å². The Hall–Kier alpha value is -5.54. The lowest BCUT2D eigenvalue weighted by atomic mass is 10.0. The van der Waals surface area contributed by atoms with Crippen molar-refractivity contribution in [3.05, 3.63) is 65.7 Å². The molecule has 0 saturated heterocycles. The van der Waals surface area contributed by atoms with Crippen LogP contribution in [0.1, 0.15) is 112 Å². The molecule has 0 saturated carbocycles. The number of benzene rings is 2. The molecule has 16 nitrogen and oxygen atoms in total. The summed E-state index contributed by atoms with van der Waals surface area (Å²) in [6.45, 7) is 18.4. The van der Waals surface area contributed by atoms with Gasteiger partial charge in [-0.15, -0.1) is 0 Å². The van der Waals surface area contributed by atoms with Gasteiger partial charge >= 0.3 is 30.1 Å². The van der Waals surface area contributed by atoms with Gasteiger partial charge in [0.1, 0.15) is 41.2 Å². The van der Waals surface area contributed by atoms with Crippen LogP contribution in [0, 0.1) is 5.92 Å². The molecule has 0 heterocycles. The third-order valence-electron chi connectivity index (χ3n) is 9.03. The lowest BCUT2D eigenvalue weighted by Gasteiger charge is -2.33. The maximum Gasteiger partial charge on any atom is 0.407 e. The molecule has 0 spiro atoms. The molecule has 4 N–H and O–H groups in total. The topological polar surface area (TPSA) is 194 Å². The molecular weight excluding hydrogens is 809 g/mol. The highest BCUT2D eigenvalue weighted by Crippen LogP contribution is 2.22. The van der Waals surface area contributed by atoms with Gasteiger partial charge in [0.2, 0.25) is 5.91 Å². The first-order valence-electron chi connectivity index (χ1n) is 21.9. The van der Waals surface area contributed by atoms with Gasteiger partial charge < -0.3 is 50.0 Å². The van der Waals surface area contributed by atoms with Crippen LogP contribution in [0.4, 0.5) is 14.4 Å². The molecule has 2 rings (SSSR count). The van der Waals surface area contributed by atoms with Crippen molar-refractivity contribution in [1.29, 1.82) is 0 Å². The summed E-state index contributed by atoms with van der Waals surface area (Å²) in [6.07, 6.45) is 2.08. The van der Waals surface area contributed by atoms with Crippen molar-refractivity contribution < 1.29 is 47.7 Å². The van der Waals surface area contributed by atoms with E-state index < -0.39 is 70.8 Å². The molecule has 0 aliphatic rings. The van der Waals surface area contributed by atoms with Crippen LogP contribution < -0.4 is 26.0 Å². The zero-order valence-electron chi connectivity index (χ0n) is 39.7. The number of carbonyl (C=O) groups is 6. The zero-order chi connectivity index (χ0) is 47.4. The predicted octanol–water partition coefficient (Wildman–Crippen LogP) is 6.74. The molecule has 1 unspecified atom stereocenters. The Morgan fingerprint density at radius 3 is 1.84 bits per heavy atom. The number of hydrogen-bond acceptors (Lipinski definition) is 10. The summed E-state index contributed by atoms with van der Waals surface area (Å²) in [5.41, 5.74) is -0.472. The molecule has 3 atom stereocenters. The molecule has 0 fully saturated rings. The summed E-state index contributed by atoms with van der Waals surface area (Å²) in [4.78, 5) is 82.9. The van der Waals surface area contributed by atoms with E-state index in [9.17, 15) is 28.8 Å². The number of hydrogen-bond donors (Lipinski definition) is 4. The molecule has 0 aliphatic heterocycles. The molecular formula is C47H74N6O10. The van der Waals surface area contributed by atoms with Gasteiger partial charge in [0.25, 0.3) is 0 Å². The average Bonchev–Trinajstić information content (AvgIpc) is 3.17. The second-order valence-electron chi connectivity index (χ2n) is 18.7. The summed E-state index contributed by atoms with van der Waals surface area (Å²) < 4.78 is 22.8. The Labute approximate surface area is 374 Å². The number of carbonyl (C=O) groups excluding carboxylic acids is 6. The van der Waals surface area contributed by atoms with E-state index in [1.54, 1.807) is 55.6 Å². The number of urea groups is 2. The Morgan fingerprint density at radius 1 is 0.667 bits per heavy atom. The third-order valence-corrected chi connectivity index (χ3v) is 9.03. The third kappa shape index (κ3) is 22.4. The van der Waals surface area contributed by atoms with Gasteiger partial charge in [-0.3, -0.25) is 9.59 Å². The van der Waals surface area contributed by atoms with E-state index in [0.29, 0.717) is 25.0 Å². The molecule has 2 aromatic carbocycles. The highest BCUT2D eigenvalue weighted by molar-refractivity contribution is 5.87. The van der Waals surface area contributed by atoms with E-state index >= 15 is 0 Å². The summed E-state index contributed by atoms with van der Waals surface area (Å²) >= 11 is 0. The molecule has 63 heavy (non-hydrogen) atoms. The largest absolute Gasteiger partial charge is 0.488 e. The normalized spacial score (nSPS) is 13.0. The number of esters is 2. The fourth-order valence-corrected chi connectivity index (χ4v) is 5.96. The van der Waals surface area contributed by atoms with E-state index in [-0.39, 0.29) is 45.6 Å². The lowest BCUT2D eigenvalue weighted by molar-refractivity contribution is -0.161. The summed E-state index contributed by atoms with van der Waals surface area (Å²) in [7, 11) is 3.10. The molecule has 16 heteroatoms. The van der Waals surface area contributed by atoms with Crippen molar-refractivity contribution >= 4 is 36.0 Å². The molecule has 0 aromatic heterocycles. The van der Waals surface area contributed by atoms with Crippen LogP contribution in [0.2, 0.25) is 0 Å². The Morgan fingerprint density at radius 2 is 1.27 bits per heavy atom. The summed E-state index contributed by atoms with van der Waals surface area (Å²) in [5.74, 6) is -2.17. The minimum atomic E-state index is -1.04. The highest BCUT2D eigenvalue weighted by Gasteiger charge is 2.35. The van der Waals surface area contributed by atoms with Gasteiger partial charge in [0, 0.05) is 46.7 Å². The van der Waals surface area contributed by atoms with Crippen molar-refractivity contribution in [2.75, 3.05) is 40.3 Å². The van der Waals surface area contributed by atoms with Gasteiger partial charge in [-0.1, -0.05) is 55.8 Å². The number of unbranched alkanes of at least 4 members (excludes halogenated alkanes) is 2. The lowest BCUT2D eigenvalue weighted by Crippen LogP contribution is -2.54. The van der Waals surface area contributed by atoms with E-state index in [1.807, 2.05) is 82.3 Å². The molecule has 0 aliphatic carbocycles. The molecule has 352 valence electrons. The van der Waals surface area contributed by atoms with Crippen molar-refractivity contribution in [3.8, 4) is 5.75 Å². The second kappa shape index (κ2) is 25.5. The van der Waals surface area contributed by atoms with Crippen LogP contribution in [0.5, 0.6) is 5.75 Å². The van der Waals surface area contributed by atoms with Crippen molar-refractivity contribution in [1.82, 2.24) is 31.1 Å². The van der Waals surface area contributed by atoms with Gasteiger partial charge in [-0.25, -0.2) is 19.2 Å². The monoisotopic (exact) mass is 883 g/mol. The maximum absolute atomic E-state index is 14.2. The van der Waals surface area contributed by atoms with Crippen LogP contribution in [-0.4, -0.2) is 115 Å². The second-order valence-corrected chi connectivity index (χ2v) is 18.7. The number of rotatable bonds is 22. The standard InChI is InChI=1S/C47H74N6O10/c1-13-14-28-53(38(41(56)63-47(8,9)10)29-33-23-25-36(26-24-33)61-45(2,3)4)42(57)50-31-35(40(55)62-46(5,6)7)30-49-39(54)37(51-43(58)52(11)12)22-18-19-27-48-44(59)60-32-34-20-16-15-17-21-34/h15-17,20-21,23-26,35,37-38H,13-14,18-19,22,27-32H2,1-12H3,(H,48,59)(H,49,54)(H,50,57)(H,51,58)/t35?,37-,38-/m0/s1. The Bertz CT molecular complexity index is 1750. The van der Waals surface area contributed by atoms with Crippen molar-refractivity contribution in [2.24, 2.45) is 5.92 Å². The van der Waals surface area contributed by atoms with E-state index in [1.165, 1.54) is 9.80 Å². The van der Waals surface area contributed by atoms with E-state index in [4.69, 9.17) is 18.9 Å². The Kier molecular flexibility index (Phi) is 21.7. The average molecular weight is 883 g/mol. The Balaban J connectivity index is 2.23. The quantitative estimate of drug-likeness (QED) is 0.0559. The SMILES string of the molecule is CCCCN(C(=O)NCC(CNC(=O)[C@H](CCCCNC(=O)OCc1ccccc1)NC(=O)N(C)C)C(=O)OC(C)(C)C)[C@@H](Cc1ccc(OC(C)(C)C)cc1)C(=O)OC(C)(C)C. The van der Waals surface area contributed by atoms with Gasteiger partial charge in [-0.05, 0) is 111 Å². The first kappa shape index (κ1) is 53.6. The number of alkyl carbamates (subject to hydrolysis) is 1. The molecule has 2 aromatic rings. The molecule has 0 radical (unpaired) electrons. The fraction of sp³-hybridized carbons (Fsp3) is 0.617. The number of amides is 6. The van der Waals surface area contributed by atoms with Crippen LogP contribution in [0.25, 0.3) is 0 Å². The summed E-state index contributed by atoms with van der Waals surface area (Å²) in [5, 5.41) is 11.0. The van der Waals surface area contributed by atoms with Crippen LogP contribution in [0.3, 0.4) is 0 Å². The minimum absolute atomic E-state index is 0.132. The minimum Gasteiger partial charge on any atom is -0.488 e. The van der Waals surface area contributed by atoms with Crippen LogP contribution in [0.15, 0.2) is 54.6 Å². The number of nitrogens with zero attached hydrogens (tertiary/aromatic N) is 2. The van der Waals surface area contributed by atoms with E-state index in [0.717, 1.165) is 17.5 Å². The predicted molar refractivity (Wildman–Crippen MR) is 242 cm³/mol. The van der Waals surface area contributed by atoms with Gasteiger partial charge in [0.15, 0.2) is 0 Å². The number of nitrogens with one attached hydrogen (secondary N) is 4. The molecule has 6 amide bonds. The highest BCUT2D eigenvalue weighted by atomic mass is 16.6. The summed E-state index contributed by atoms with van der Waals surface area (Å²) in [6, 6.07) is 13.6. The van der Waals surface area contributed by atoms with Crippen molar-refractivity contribution in [2.45, 2.75) is 143 Å². The van der Waals surface area contributed by atoms with Gasteiger partial charge in [-0.2, -0.15) is 0 Å². The van der Waals surface area contributed by atoms with Crippen LogP contribution >= 0.6 is 0 Å². The first-order chi connectivity index (χ1) is 29.4. The molecule has 0 bridgehead atoms.